The van der Waals surface area contributed by atoms with E-state index in [0.717, 1.165) is 10.2 Å². The van der Waals surface area contributed by atoms with Crippen LogP contribution in [0, 0.1) is 0 Å². The van der Waals surface area contributed by atoms with E-state index in [9.17, 15) is 44.3 Å². The molecule has 4 aromatic heterocycles. The lowest BCUT2D eigenvalue weighted by atomic mass is 9.85. The molecule has 1 aliphatic rings. The predicted octanol–water partition coefficient (Wildman–Crippen LogP) is 6.44. The van der Waals surface area contributed by atoms with Gasteiger partial charge in [-0.2, -0.15) is 9.78 Å². The number of allylic oxidation sites excluding steroid dienone is 3. The van der Waals surface area contributed by atoms with Crippen LogP contribution in [0.4, 0.5) is 26.3 Å². The van der Waals surface area contributed by atoms with E-state index in [1.54, 1.807) is 37.4 Å². The van der Waals surface area contributed by atoms with E-state index in [0.29, 0.717) is 34.0 Å². The molecule has 10 nitrogen and oxygen atoms in total. The minimum absolute atomic E-state index is 0.166. The van der Waals surface area contributed by atoms with Gasteiger partial charge in [0.05, 0.1) is 18.5 Å². The van der Waals surface area contributed by atoms with E-state index in [2.05, 4.69) is 14.8 Å². The fourth-order valence-electron chi connectivity index (χ4n) is 5.83. The molecule has 0 radical (unpaired) electrons. The summed E-state index contributed by atoms with van der Waals surface area (Å²) in [6.45, 7) is 2.29. The highest BCUT2D eigenvalue weighted by Crippen LogP contribution is 2.43. The van der Waals surface area contributed by atoms with Gasteiger partial charge in [-0.05, 0) is 60.2 Å². The maximum absolute atomic E-state index is 14.7. The van der Waals surface area contributed by atoms with Gasteiger partial charge in [0, 0.05) is 48.2 Å². The first kappa shape index (κ1) is 34.7. The van der Waals surface area contributed by atoms with E-state index in [4.69, 9.17) is 0 Å². The Morgan fingerprint density at radius 3 is 2.30 bits per heavy atom. The number of fused-ring (bicyclic) bond motifs is 1. The van der Waals surface area contributed by atoms with Crippen molar-refractivity contribution in [3.05, 3.63) is 117 Å². The van der Waals surface area contributed by atoms with Crippen molar-refractivity contribution in [2.75, 3.05) is 0 Å². The molecule has 1 N–H and O–H groups in total. The number of rotatable bonds is 7. The van der Waals surface area contributed by atoms with E-state index < -0.39 is 39.6 Å². The van der Waals surface area contributed by atoms with Gasteiger partial charge in [0.15, 0.2) is 0 Å². The number of halogens is 6. The fraction of sp³-hybridized carbons (Fsp3) is 0.242. The molecule has 0 amide bonds. The normalized spacial score (nSPS) is 17.2. The van der Waals surface area contributed by atoms with Crippen LogP contribution in [0.25, 0.3) is 38.9 Å². The van der Waals surface area contributed by atoms with Crippen LogP contribution < -0.4 is 11.1 Å². The van der Waals surface area contributed by atoms with Crippen LogP contribution >= 0.6 is 0 Å². The molecule has 4 heterocycles. The van der Waals surface area contributed by atoms with Gasteiger partial charge < -0.3 is 9.55 Å². The van der Waals surface area contributed by atoms with Gasteiger partial charge in [0.1, 0.15) is 10.3 Å². The SMILES string of the molecule is CC1=CC(c2cc(=O)n(C)cc2-c2ccc(COC(F)(F)F)cc2)=CCC1(C)S(=O)(=O)n1c(-c2cnn(C(F)(F)F)c2)cc2cc[nH]c(=O)c21. The van der Waals surface area contributed by atoms with Crippen LogP contribution in [-0.2, 0) is 34.7 Å². The van der Waals surface area contributed by atoms with Gasteiger partial charge >= 0.3 is 12.7 Å². The van der Waals surface area contributed by atoms with E-state index >= 15 is 0 Å². The summed E-state index contributed by atoms with van der Waals surface area (Å²) >= 11 is 0. The molecule has 0 saturated carbocycles. The molecule has 0 aliphatic heterocycles. The molecule has 17 heteroatoms. The standard InChI is InChI=1S/C33H27F6N5O5S/c1-19-12-22(25-14-28(45)42(3)17-26(25)21-6-4-20(5-7-21)18-49-33(37,38)39)8-10-31(19,2)50(47,48)44-27(13-23-9-11-40-30(46)29(23)44)24-15-41-43(16-24)32(34,35)36/h4-9,11-17H,10,18H2,1-3H3,(H,40,46). The number of hydrogen-bond acceptors (Lipinski definition) is 6. The zero-order chi connectivity index (χ0) is 36.4. The van der Waals surface area contributed by atoms with Crippen molar-refractivity contribution in [3.8, 4) is 22.4 Å². The Morgan fingerprint density at radius 1 is 0.980 bits per heavy atom. The summed E-state index contributed by atoms with van der Waals surface area (Å²) in [5.41, 5.74) is 0.707. The van der Waals surface area contributed by atoms with Crippen LogP contribution in [0.15, 0.2) is 94.6 Å². The van der Waals surface area contributed by atoms with Crippen LogP contribution in [0.2, 0.25) is 0 Å². The summed E-state index contributed by atoms with van der Waals surface area (Å²) in [5.74, 6) is 0. The number of aryl methyl sites for hydroxylation is 1. The topological polar surface area (TPSA) is 121 Å². The molecule has 1 aromatic carbocycles. The van der Waals surface area contributed by atoms with Crippen LogP contribution in [0.3, 0.4) is 0 Å². The third-order valence-electron chi connectivity index (χ3n) is 8.75. The van der Waals surface area contributed by atoms with Crippen LogP contribution in [0.5, 0.6) is 0 Å². The molecule has 1 aliphatic carbocycles. The smallest absolute Gasteiger partial charge is 0.327 e. The summed E-state index contributed by atoms with van der Waals surface area (Å²) in [7, 11) is -3.09. The molecule has 0 saturated heterocycles. The maximum Gasteiger partial charge on any atom is 0.522 e. The molecular formula is C33H27F6N5O5S. The minimum atomic E-state index is -4.87. The molecule has 262 valence electrons. The van der Waals surface area contributed by atoms with Crippen molar-refractivity contribution in [2.24, 2.45) is 7.05 Å². The average molecular weight is 720 g/mol. The third kappa shape index (κ3) is 6.10. The Balaban J connectivity index is 1.43. The number of pyridine rings is 2. The van der Waals surface area contributed by atoms with E-state index in [1.807, 2.05) is 0 Å². The Bertz CT molecular complexity index is 2430. The number of nitrogens with one attached hydrogen (secondary N) is 1. The molecule has 50 heavy (non-hydrogen) atoms. The first-order chi connectivity index (χ1) is 23.3. The highest BCUT2D eigenvalue weighted by Gasteiger charge is 2.45. The molecular weight excluding hydrogens is 692 g/mol. The number of aromatic nitrogens is 5. The lowest BCUT2D eigenvalue weighted by Crippen LogP contribution is -2.42. The summed E-state index contributed by atoms with van der Waals surface area (Å²) < 4.78 is 111. The second-order valence-corrected chi connectivity index (χ2v) is 14.2. The van der Waals surface area contributed by atoms with Gasteiger partial charge in [-0.15, -0.1) is 26.3 Å². The second-order valence-electron chi connectivity index (χ2n) is 12.0. The van der Waals surface area contributed by atoms with Crippen LogP contribution in [0.1, 0.15) is 31.4 Å². The van der Waals surface area contributed by atoms with Crippen molar-refractivity contribution in [1.29, 1.82) is 0 Å². The van der Waals surface area contributed by atoms with Gasteiger partial charge in [-0.1, -0.05) is 36.4 Å². The third-order valence-corrected chi connectivity index (χ3v) is 11.2. The lowest BCUT2D eigenvalue weighted by Gasteiger charge is -2.34. The quantitative estimate of drug-likeness (QED) is 0.193. The number of ether oxygens (including phenoxy) is 1. The highest BCUT2D eigenvalue weighted by atomic mass is 32.2. The monoisotopic (exact) mass is 719 g/mol. The van der Waals surface area contributed by atoms with Gasteiger partial charge in [0.25, 0.3) is 11.1 Å². The van der Waals surface area contributed by atoms with Crippen molar-refractivity contribution >= 4 is 26.5 Å². The molecule has 1 atom stereocenters. The number of aromatic amines is 1. The van der Waals surface area contributed by atoms with Gasteiger partial charge in [0.2, 0.25) is 10.0 Å². The number of nitrogens with zero attached hydrogens (tertiary/aromatic N) is 4. The van der Waals surface area contributed by atoms with Crippen molar-refractivity contribution in [1.82, 2.24) is 23.3 Å². The van der Waals surface area contributed by atoms with Gasteiger partial charge in [-0.25, -0.2) is 12.4 Å². The molecule has 5 aromatic rings. The number of hydrogen-bond donors (Lipinski definition) is 1. The largest absolute Gasteiger partial charge is 0.522 e. The predicted molar refractivity (Wildman–Crippen MR) is 172 cm³/mol. The summed E-state index contributed by atoms with van der Waals surface area (Å²) in [5, 5.41) is 3.51. The lowest BCUT2D eigenvalue weighted by molar-refractivity contribution is -0.330. The van der Waals surface area contributed by atoms with Crippen LogP contribution in [-0.4, -0.2) is 42.8 Å². The Kier molecular flexibility index (Phi) is 8.34. The van der Waals surface area contributed by atoms with Crippen molar-refractivity contribution in [2.45, 2.75) is 44.3 Å². The molecule has 1 unspecified atom stereocenters. The van der Waals surface area contributed by atoms with E-state index in [1.165, 1.54) is 55.1 Å². The Hall–Kier alpha value is -5.16. The molecule has 0 spiro atoms. The number of benzene rings is 1. The zero-order valence-corrected chi connectivity index (χ0v) is 27.2. The molecule has 6 rings (SSSR count). The second kappa shape index (κ2) is 12.0. The zero-order valence-electron chi connectivity index (χ0n) is 26.4. The average Bonchev–Trinajstić information content (AvgIpc) is 3.69. The first-order valence-corrected chi connectivity index (χ1v) is 16.2. The van der Waals surface area contributed by atoms with Crippen molar-refractivity contribution < 1.29 is 39.5 Å². The summed E-state index contributed by atoms with van der Waals surface area (Å²) in [6, 6.07) is 10.1. The Labute approximate surface area is 279 Å². The Morgan fingerprint density at radius 2 is 1.68 bits per heavy atom. The summed E-state index contributed by atoms with van der Waals surface area (Å²) in [6.07, 6.45) is -2.33. The number of H-pyrrole nitrogens is 1. The van der Waals surface area contributed by atoms with Crippen molar-refractivity contribution in [3.63, 3.8) is 0 Å². The summed E-state index contributed by atoms with van der Waals surface area (Å²) in [4.78, 5) is 28.3. The van der Waals surface area contributed by atoms with Gasteiger partial charge in [-0.3, -0.25) is 14.3 Å². The minimum Gasteiger partial charge on any atom is -0.327 e. The first-order valence-electron chi connectivity index (χ1n) is 14.8. The maximum atomic E-state index is 14.7. The van der Waals surface area contributed by atoms with E-state index in [-0.39, 0.29) is 44.4 Å². The highest BCUT2D eigenvalue weighted by molar-refractivity contribution is 7.91. The molecule has 0 bridgehead atoms. The number of alkyl halides is 6. The fourth-order valence-corrected chi connectivity index (χ4v) is 7.84. The molecule has 0 fully saturated rings.